The fourth-order valence-corrected chi connectivity index (χ4v) is 1.53. The molecule has 2 unspecified atom stereocenters. The van der Waals surface area contributed by atoms with E-state index in [-0.39, 0.29) is 11.8 Å². The van der Waals surface area contributed by atoms with Gasteiger partial charge in [0.15, 0.2) is 0 Å². The lowest BCUT2D eigenvalue weighted by molar-refractivity contribution is -0.144. The molecule has 1 aliphatic rings. The molecular formula is C8H13O2. The van der Waals surface area contributed by atoms with Gasteiger partial charge in [-0.1, -0.05) is 12.8 Å². The van der Waals surface area contributed by atoms with Crippen molar-refractivity contribution in [2.75, 3.05) is 0 Å². The number of aliphatic carboxylic acids is 1. The normalized spacial score (nSPS) is 33.7. The van der Waals surface area contributed by atoms with Gasteiger partial charge >= 0.3 is 5.97 Å². The molecule has 0 heterocycles. The lowest BCUT2D eigenvalue weighted by atomic mass is 9.81. The molecule has 0 bridgehead atoms. The summed E-state index contributed by atoms with van der Waals surface area (Å²) in [5.41, 5.74) is 0. The van der Waals surface area contributed by atoms with Crippen molar-refractivity contribution < 1.29 is 9.90 Å². The van der Waals surface area contributed by atoms with Gasteiger partial charge in [0.2, 0.25) is 0 Å². The summed E-state index contributed by atoms with van der Waals surface area (Å²) < 4.78 is 0. The van der Waals surface area contributed by atoms with E-state index in [1.807, 2.05) is 0 Å². The number of carboxylic acids is 1. The van der Waals surface area contributed by atoms with Crippen LogP contribution in [-0.4, -0.2) is 11.1 Å². The van der Waals surface area contributed by atoms with Crippen LogP contribution in [0.15, 0.2) is 0 Å². The lowest BCUT2D eigenvalue weighted by Gasteiger charge is -2.24. The Hall–Kier alpha value is -0.530. The van der Waals surface area contributed by atoms with E-state index >= 15 is 0 Å². The van der Waals surface area contributed by atoms with E-state index < -0.39 is 5.97 Å². The third-order valence-electron chi connectivity index (χ3n) is 2.23. The average molecular weight is 141 g/mol. The van der Waals surface area contributed by atoms with Gasteiger partial charge in [0.25, 0.3) is 0 Å². The summed E-state index contributed by atoms with van der Waals surface area (Å²) in [7, 11) is 0. The molecule has 0 spiro atoms. The molecule has 1 radical (unpaired) electrons. The summed E-state index contributed by atoms with van der Waals surface area (Å²) >= 11 is 0. The molecule has 0 amide bonds. The molecule has 0 aromatic heterocycles. The first-order chi connectivity index (χ1) is 4.72. The highest BCUT2D eigenvalue weighted by Crippen LogP contribution is 2.28. The summed E-state index contributed by atoms with van der Waals surface area (Å²) in [4.78, 5) is 10.5. The highest BCUT2D eigenvalue weighted by molar-refractivity contribution is 5.70. The van der Waals surface area contributed by atoms with Crippen LogP contribution in [0.1, 0.15) is 25.7 Å². The van der Waals surface area contributed by atoms with Crippen molar-refractivity contribution in [3.05, 3.63) is 6.92 Å². The smallest absolute Gasteiger partial charge is 0.306 e. The molecular weight excluding hydrogens is 128 g/mol. The zero-order valence-corrected chi connectivity index (χ0v) is 6.05. The largest absolute Gasteiger partial charge is 0.481 e. The number of hydrogen-bond acceptors (Lipinski definition) is 1. The minimum Gasteiger partial charge on any atom is -0.481 e. The third kappa shape index (κ3) is 1.49. The van der Waals surface area contributed by atoms with Crippen molar-refractivity contribution in [1.82, 2.24) is 0 Å². The average Bonchev–Trinajstić information content (AvgIpc) is 1.88. The van der Waals surface area contributed by atoms with Gasteiger partial charge in [-0.25, -0.2) is 0 Å². The quantitative estimate of drug-likeness (QED) is 0.603. The molecule has 57 valence electrons. The maximum absolute atomic E-state index is 10.5. The third-order valence-corrected chi connectivity index (χ3v) is 2.23. The molecule has 2 heteroatoms. The molecule has 10 heavy (non-hydrogen) atoms. The van der Waals surface area contributed by atoms with E-state index in [1.54, 1.807) is 0 Å². The fourth-order valence-electron chi connectivity index (χ4n) is 1.53. The van der Waals surface area contributed by atoms with E-state index in [1.165, 1.54) is 0 Å². The summed E-state index contributed by atoms with van der Waals surface area (Å²) in [5.74, 6) is -0.695. The number of rotatable bonds is 1. The van der Waals surface area contributed by atoms with Crippen molar-refractivity contribution in [1.29, 1.82) is 0 Å². The van der Waals surface area contributed by atoms with Crippen molar-refractivity contribution in [3.8, 4) is 0 Å². The first-order valence-electron chi connectivity index (χ1n) is 3.77. The topological polar surface area (TPSA) is 37.3 Å². The second-order valence-corrected chi connectivity index (χ2v) is 2.99. The zero-order chi connectivity index (χ0) is 7.56. The summed E-state index contributed by atoms with van der Waals surface area (Å²) in [6.45, 7) is 3.82. The van der Waals surface area contributed by atoms with Gasteiger partial charge in [0.1, 0.15) is 0 Å². The molecule has 0 saturated heterocycles. The SMILES string of the molecule is [CH2]C1CCCCC1C(=O)O. The highest BCUT2D eigenvalue weighted by atomic mass is 16.4. The molecule has 1 fully saturated rings. The van der Waals surface area contributed by atoms with Crippen LogP contribution in [0.3, 0.4) is 0 Å². The summed E-state index contributed by atoms with van der Waals surface area (Å²) in [6, 6.07) is 0. The van der Waals surface area contributed by atoms with Crippen LogP contribution in [-0.2, 0) is 4.79 Å². The molecule has 0 aromatic rings. The standard InChI is InChI=1S/C8H13O2/c1-6-4-2-3-5-7(6)8(9)10/h6-7H,1-5H2,(H,9,10). The minimum absolute atomic E-state index is 0.145. The lowest BCUT2D eigenvalue weighted by Crippen LogP contribution is -2.24. The van der Waals surface area contributed by atoms with Gasteiger partial charge in [0, 0.05) is 0 Å². The molecule has 2 atom stereocenters. The second-order valence-electron chi connectivity index (χ2n) is 2.99. The van der Waals surface area contributed by atoms with Crippen LogP contribution < -0.4 is 0 Å². The molecule has 0 aromatic carbocycles. The van der Waals surface area contributed by atoms with Crippen molar-refractivity contribution in [3.63, 3.8) is 0 Å². The number of carbonyl (C=O) groups is 1. The monoisotopic (exact) mass is 141 g/mol. The highest BCUT2D eigenvalue weighted by Gasteiger charge is 2.26. The van der Waals surface area contributed by atoms with Crippen LogP contribution in [0.5, 0.6) is 0 Å². The Morgan fingerprint density at radius 3 is 2.40 bits per heavy atom. The maximum Gasteiger partial charge on any atom is 0.306 e. The predicted molar refractivity (Wildman–Crippen MR) is 38.4 cm³/mol. The van der Waals surface area contributed by atoms with Crippen LogP contribution in [0.25, 0.3) is 0 Å². The number of hydrogen-bond donors (Lipinski definition) is 1. The Morgan fingerprint density at radius 2 is 2.00 bits per heavy atom. The van der Waals surface area contributed by atoms with Crippen molar-refractivity contribution >= 4 is 5.97 Å². The van der Waals surface area contributed by atoms with Crippen LogP contribution in [0.2, 0.25) is 0 Å². The minimum atomic E-state index is -0.667. The fraction of sp³-hybridized carbons (Fsp3) is 0.750. The number of carboxylic acid groups (broad SMARTS) is 1. The Kier molecular flexibility index (Phi) is 2.30. The van der Waals surface area contributed by atoms with Crippen LogP contribution >= 0.6 is 0 Å². The second kappa shape index (κ2) is 3.04. The van der Waals surface area contributed by atoms with Crippen LogP contribution in [0, 0.1) is 18.8 Å². The Balaban J connectivity index is 2.47. The van der Waals surface area contributed by atoms with Gasteiger partial charge in [0.05, 0.1) is 5.92 Å². The van der Waals surface area contributed by atoms with Crippen molar-refractivity contribution in [2.45, 2.75) is 25.7 Å². The zero-order valence-electron chi connectivity index (χ0n) is 6.05. The van der Waals surface area contributed by atoms with Gasteiger partial charge < -0.3 is 5.11 Å². The van der Waals surface area contributed by atoms with E-state index in [4.69, 9.17) is 5.11 Å². The van der Waals surface area contributed by atoms with E-state index in [2.05, 4.69) is 6.92 Å². The molecule has 2 nitrogen and oxygen atoms in total. The Bertz CT molecular complexity index is 131. The molecule has 1 saturated carbocycles. The van der Waals surface area contributed by atoms with Gasteiger partial charge in [-0.05, 0) is 25.7 Å². The molecule has 1 aliphatic carbocycles. The van der Waals surface area contributed by atoms with Gasteiger partial charge in [-0.15, -0.1) is 0 Å². The molecule has 0 aliphatic heterocycles. The van der Waals surface area contributed by atoms with Crippen LogP contribution in [0.4, 0.5) is 0 Å². The summed E-state index contributed by atoms with van der Waals surface area (Å²) in [6.07, 6.45) is 4.02. The predicted octanol–water partition coefficient (Wildman–Crippen LogP) is 1.71. The Morgan fingerprint density at radius 1 is 1.40 bits per heavy atom. The molecule has 1 N–H and O–H groups in total. The van der Waals surface area contributed by atoms with Crippen molar-refractivity contribution in [2.24, 2.45) is 11.8 Å². The van der Waals surface area contributed by atoms with E-state index in [9.17, 15) is 4.79 Å². The van der Waals surface area contributed by atoms with Gasteiger partial charge in [-0.3, -0.25) is 4.79 Å². The van der Waals surface area contributed by atoms with Gasteiger partial charge in [-0.2, -0.15) is 0 Å². The first kappa shape index (κ1) is 7.58. The van der Waals surface area contributed by atoms with E-state index in [0.29, 0.717) is 0 Å². The Labute approximate surface area is 61.2 Å². The van der Waals surface area contributed by atoms with E-state index in [0.717, 1.165) is 25.7 Å². The molecule has 1 rings (SSSR count). The summed E-state index contributed by atoms with van der Waals surface area (Å²) in [5, 5.41) is 8.67. The maximum atomic E-state index is 10.5. The first-order valence-corrected chi connectivity index (χ1v) is 3.77.